The average molecular weight is 428 g/mol. The van der Waals surface area contributed by atoms with Crippen LogP contribution in [0.1, 0.15) is 20.7 Å². The van der Waals surface area contributed by atoms with Gasteiger partial charge in [0.15, 0.2) is 0 Å². The zero-order valence-electron chi connectivity index (χ0n) is 15.9. The molecule has 11 heteroatoms. The number of carbonyl (C=O) groups excluding carboxylic acids is 3. The fourth-order valence-electron chi connectivity index (χ4n) is 2.35. The van der Waals surface area contributed by atoms with Gasteiger partial charge in [-0.2, -0.15) is 0 Å². The van der Waals surface area contributed by atoms with Crippen LogP contribution < -0.4 is 5.32 Å². The predicted octanol–water partition coefficient (Wildman–Crippen LogP) is 2.44. The summed E-state index contributed by atoms with van der Waals surface area (Å²) in [6, 6.07) is 9.38. The highest BCUT2D eigenvalue weighted by Crippen LogP contribution is 2.23. The van der Waals surface area contributed by atoms with E-state index < -0.39 is 17.8 Å². The molecule has 154 valence electrons. The molecule has 10 nitrogen and oxygen atoms in total. The Kier molecular flexibility index (Phi) is 6.75. The van der Waals surface area contributed by atoms with Crippen molar-refractivity contribution < 1.29 is 28.3 Å². The fraction of sp³-hybridized carbons (Fsp3) is 0.158. The summed E-state index contributed by atoms with van der Waals surface area (Å²) in [5.41, 5.74) is 0.905. The maximum Gasteiger partial charge on any atom is 0.339 e. The average Bonchev–Trinajstić information content (AvgIpc) is 3.26. The van der Waals surface area contributed by atoms with Crippen LogP contribution in [0.2, 0.25) is 0 Å². The Hall–Kier alpha value is -3.73. The Morgan fingerprint density at radius 2 is 1.87 bits per heavy atom. The zero-order chi connectivity index (χ0) is 21.5. The van der Waals surface area contributed by atoms with Crippen molar-refractivity contribution in [2.45, 2.75) is 5.22 Å². The molecule has 2 heterocycles. The summed E-state index contributed by atoms with van der Waals surface area (Å²) in [7, 11) is 2.45. The van der Waals surface area contributed by atoms with E-state index in [1.807, 2.05) is 0 Å². The summed E-state index contributed by atoms with van der Waals surface area (Å²) < 4.78 is 14.8. The van der Waals surface area contributed by atoms with Gasteiger partial charge in [0, 0.05) is 6.20 Å². The van der Waals surface area contributed by atoms with Gasteiger partial charge < -0.3 is 19.2 Å². The highest BCUT2D eigenvalue weighted by molar-refractivity contribution is 7.99. The van der Waals surface area contributed by atoms with Crippen LogP contribution in [0.3, 0.4) is 0 Å². The molecule has 0 atom stereocenters. The zero-order valence-corrected chi connectivity index (χ0v) is 16.8. The molecule has 1 aromatic carbocycles. The number of esters is 2. The lowest BCUT2D eigenvalue weighted by molar-refractivity contribution is -0.113. The number of ether oxygens (including phenoxy) is 2. The third-order valence-corrected chi connectivity index (χ3v) is 4.56. The molecule has 0 bridgehead atoms. The molecule has 3 aromatic rings. The van der Waals surface area contributed by atoms with E-state index in [9.17, 15) is 14.4 Å². The molecule has 0 saturated heterocycles. The molecule has 1 N–H and O–H groups in total. The van der Waals surface area contributed by atoms with Gasteiger partial charge in [-0.25, -0.2) is 9.59 Å². The molecule has 0 unspecified atom stereocenters. The first-order valence-corrected chi connectivity index (χ1v) is 9.48. The predicted molar refractivity (Wildman–Crippen MR) is 106 cm³/mol. The fourth-order valence-corrected chi connectivity index (χ4v) is 2.92. The number of pyridine rings is 1. The van der Waals surface area contributed by atoms with Gasteiger partial charge in [0.25, 0.3) is 11.1 Å². The Balaban J connectivity index is 1.69. The van der Waals surface area contributed by atoms with Gasteiger partial charge in [-0.1, -0.05) is 17.8 Å². The van der Waals surface area contributed by atoms with Gasteiger partial charge in [-0.15, -0.1) is 10.2 Å². The Morgan fingerprint density at radius 1 is 1.07 bits per heavy atom. The Morgan fingerprint density at radius 3 is 2.57 bits per heavy atom. The summed E-state index contributed by atoms with van der Waals surface area (Å²) in [4.78, 5) is 40.2. The number of amides is 1. The quantitative estimate of drug-likeness (QED) is 0.442. The highest BCUT2D eigenvalue weighted by Gasteiger charge is 2.18. The van der Waals surface area contributed by atoms with Gasteiger partial charge in [0.1, 0.15) is 5.69 Å². The second-order valence-electron chi connectivity index (χ2n) is 5.67. The van der Waals surface area contributed by atoms with E-state index in [-0.39, 0.29) is 33.7 Å². The van der Waals surface area contributed by atoms with Crippen LogP contribution in [0.4, 0.5) is 5.69 Å². The molecular formula is C19H16N4O6S. The first kappa shape index (κ1) is 21.0. The van der Waals surface area contributed by atoms with Gasteiger partial charge >= 0.3 is 11.9 Å². The topological polar surface area (TPSA) is 134 Å². The van der Waals surface area contributed by atoms with E-state index in [0.717, 1.165) is 11.8 Å². The van der Waals surface area contributed by atoms with Crippen LogP contribution in [-0.4, -0.2) is 53.0 Å². The molecule has 2 aromatic heterocycles. The van der Waals surface area contributed by atoms with Crippen molar-refractivity contribution in [2.75, 3.05) is 25.3 Å². The smallest absolute Gasteiger partial charge is 0.339 e. The van der Waals surface area contributed by atoms with Gasteiger partial charge in [-0.05, 0) is 30.3 Å². The minimum absolute atomic E-state index is 0.0765. The maximum absolute atomic E-state index is 12.4. The monoisotopic (exact) mass is 428 g/mol. The third-order valence-electron chi connectivity index (χ3n) is 3.74. The van der Waals surface area contributed by atoms with E-state index in [1.54, 1.807) is 24.4 Å². The van der Waals surface area contributed by atoms with Crippen molar-refractivity contribution in [3.8, 4) is 11.6 Å². The number of benzene rings is 1. The molecule has 0 saturated carbocycles. The molecule has 30 heavy (non-hydrogen) atoms. The normalized spacial score (nSPS) is 10.3. The van der Waals surface area contributed by atoms with Gasteiger partial charge in [0.05, 0.1) is 36.8 Å². The van der Waals surface area contributed by atoms with E-state index in [0.29, 0.717) is 5.69 Å². The van der Waals surface area contributed by atoms with E-state index >= 15 is 0 Å². The minimum Gasteiger partial charge on any atom is -0.465 e. The SMILES string of the molecule is COC(=O)c1ccc(C(=O)OC)c(NC(=O)CSc2nnc(-c3ccccn3)o2)c1. The summed E-state index contributed by atoms with van der Waals surface area (Å²) in [5.74, 6) is -1.56. The first-order chi connectivity index (χ1) is 14.5. The van der Waals surface area contributed by atoms with Crippen LogP contribution in [0.5, 0.6) is 0 Å². The highest BCUT2D eigenvalue weighted by atomic mass is 32.2. The van der Waals surface area contributed by atoms with Crippen molar-refractivity contribution in [1.29, 1.82) is 0 Å². The first-order valence-electron chi connectivity index (χ1n) is 8.50. The summed E-state index contributed by atoms with van der Waals surface area (Å²) >= 11 is 1.01. The van der Waals surface area contributed by atoms with Crippen molar-refractivity contribution in [2.24, 2.45) is 0 Å². The molecule has 0 aliphatic heterocycles. The largest absolute Gasteiger partial charge is 0.465 e. The number of anilines is 1. The molecule has 1 amide bonds. The van der Waals surface area contributed by atoms with Crippen LogP contribution in [0.15, 0.2) is 52.2 Å². The number of hydrogen-bond acceptors (Lipinski definition) is 10. The number of methoxy groups -OCH3 is 2. The molecule has 0 fully saturated rings. The van der Waals surface area contributed by atoms with E-state index in [1.165, 1.54) is 32.4 Å². The maximum atomic E-state index is 12.4. The van der Waals surface area contributed by atoms with Gasteiger partial charge in [-0.3, -0.25) is 9.78 Å². The Labute approximate surface area is 175 Å². The number of nitrogens with zero attached hydrogens (tertiary/aromatic N) is 3. The number of hydrogen-bond donors (Lipinski definition) is 1. The molecule has 0 spiro atoms. The van der Waals surface area contributed by atoms with Gasteiger partial charge in [0.2, 0.25) is 5.91 Å². The number of rotatable bonds is 7. The third kappa shape index (κ3) is 5.00. The standard InChI is InChI=1S/C19H16N4O6S/c1-27-17(25)11-6-7-12(18(26)28-2)14(9-11)21-15(24)10-30-19-23-22-16(29-19)13-5-3-4-8-20-13/h3-9H,10H2,1-2H3,(H,21,24). The van der Waals surface area contributed by atoms with Crippen molar-refractivity contribution in [1.82, 2.24) is 15.2 Å². The molecule has 3 rings (SSSR count). The van der Waals surface area contributed by atoms with E-state index in [4.69, 9.17) is 9.15 Å². The minimum atomic E-state index is -0.661. The number of carbonyl (C=O) groups is 3. The summed E-state index contributed by atoms with van der Waals surface area (Å²) in [6.45, 7) is 0. The van der Waals surface area contributed by atoms with Crippen LogP contribution >= 0.6 is 11.8 Å². The summed E-state index contributed by atoms with van der Waals surface area (Å²) in [5, 5.41) is 10.5. The molecular weight excluding hydrogens is 412 g/mol. The van der Waals surface area contributed by atoms with Crippen LogP contribution in [0.25, 0.3) is 11.6 Å². The number of thioether (sulfide) groups is 1. The lowest BCUT2D eigenvalue weighted by atomic mass is 10.1. The molecule has 0 aliphatic rings. The second kappa shape index (κ2) is 9.65. The molecule has 0 aliphatic carbocycles. The lowest BCUT2D eigenvalue weighted by Crippen LogP contribution is -2.18. The number of aromatic nitrogens is 3. The van der Waals surface area contributed by atoms with Crippen LogP contribution in [-0.2, 0) is 14.3 Å². The van der Waals surface area contributed by atoms with Crippen LogP contribution in [0, 0.1) is 0 Å². The van der Waals surface area contributed by atoms with Crippen molar-refractivity contribution in [3.63, 3.8) is 0 Å². The number of nitrogens with one attached hydrogen (secondary N) is 1. The molecule has 0 radical (unpaired) electrons. The second-order valence-corrected chi connectivity index (χ2v) is 6.60. The van der Waals surface area contributed by atoms with E-state index in [2.05, 4.69) is 25.2 Å². The lowest BCUT2D eigenvalue weighted by Gasteiger charge is -2.11. The van der Waals surface area contributed by atoms with Crippen molar-refractivity contribution in [3.05, 3.63) is 53.7 Å². The van der Waals surface area contributed by atoms with Crippen molar-refractivity contribution >= 4 is 35.3 Å². The summed E-state index contributed by atoms with van der Waals surface area (Å²) in [6.07, 6.45) is 1.60. The Bertz CT molecular complexity index is 1070.